The smallest absolute Gasteiger partial charge is 0.407 e. The third kappa shape index (κ3) is 8.84. The lowest BCUT2D eigenvalue weighted by Gasteiger charge is -2.16. The molecule has 41 heavy (non-hydrogen) atoms. The van der Waals surface area contributed by atoms with Crippen LogP contribution in [0.25, 0.3) is 11.3 Å². The number of hydrogen-bond acceptors (Lipinski definition) is 8. The van der Waals surface area contributed by atoms with Crippen LogP contribution in [-0.4, -0.2) is 36.9 Å². The highest BCUT2D eigenvalue weighted by Crippen LogP contribution is 2.32. The number of ether oxygens (including phenoxy) is 3. The second-order valence-electron chi connectivity index (χ2n) is 8.80. The Kier molecular flexibility index (Phi) is 10.3. The summed E-state index contributed by atoms with van der Waals surface area (Å²) in [5.74, 6) is 1.06. The van der Waals surface area contributed by atoms with Crippen molar-refractivity contribution in [1.82, 2.24) is 10.3 Å². The van der Waals surface area contributed by atoms with E-state index in [9.17, 15) is 9.59 Å². The minimum atomic E-state index is -0.705. The molecule has 0 aliphatic carbocycles. The van der Waals surface area contributed by atoms with Crippen molar-refractivity contribution in [2.45, 2.75) is 25.7 Å². The van der Waals surface area contributed by atoms with E-state index in [1.54, 1.807) is 48.7 Å². The van der Waals surface area contributed by atoms with Gasteiger partial charge in [0.25, 0.3) is 0 Å². The summed E-state index contributed by atoms with van der Waals surface area (Å²) in [5.41, 5.74) is 3.46. The number of nitrogens with one attached hydrogen (secondary N) is 3. The van der Waals surface area contributed by atoms with Crippen molar-refractivity contribution < 1.29 is 28.2 Å². The molecule has 0 bridgehead atoms. The number of nitrogens with zero attached hydrogens (tertiary/aromatic N) is 2. The Hall–Kier alpha value is -5.34. The van der Waals surface area contributed by atoms with Crippen molar-refractivity contribution in [2.24, 2.45) is 0 Å². The molecule has 0 saturated heterocycles. The van der Waals surface area contributed by atoms with E-state index in [0.717, 1.165) is 11.1 Å². The third-order valence-electron chi connectivity index (χ3n) is 5.79. The summed E-state index contributed by atoms with van der Waals surface area (Å²) < 4.78 is 21.7. The monoisotopic (exact) mass is 555 g/mol. The zero-order valence-corrected chi connectivity index (χ0v) is 22.3. The van der Waals surface area contributed by atoms with Crippen LogP contribution in [0.3, 0.4) is 0 Å². The Balaban J connectivity index is 1.25. The van der Waals surface area contributed by atoms with Gasteiger partial charge in [-0.05, 0) is 35.4 Å². The maximum absolute atomic E-state index is 12.6. The molecule has 11 heteroatoms. The number of aromatic nitrogens is 1. The van der Waals surface area contributed by atoms with Crippen LogP contribution in [0.5, 0.6) is 5.75 Å². The summed E-state index contributed by atoms with van der Waals surface area (Å²) in [7, 11) is 1.53. The van der Waals surface area contributed by atoms with Gasteiger partial charge in [0.05, 0.1) is 44.6 Å². The van der Waals surface area contributed by atoms with E-state index < -0.39 is 18.2 Å². The molecule has 3 N–H and O–H groups in total. The lowest BCUT2D eigenvalue weighted by atomic mass is 10.1. The number of nitriles is 1. The van der Waals surface area contributed by atoms with Crippen LogP contribution in [0.15, 0.2) is 89.8 Å². The molecule has 0 saturated carbocycles. The summed E-state index contributed by atoms with van der Waals surface area (Å²) in [6.45, 7) is 0.599. The van der Waals surface area contributed by atoms with E-state index in [-0.39, 0.29) is 19.6 Å². The van der Waals surface area contributed by atoms with E-state index in [1.807, 2.05) is 36.4 Å². The number of anilines is 2. The maximum Gasteiger partial charge on any atom is 0.407 e. The van der Waals surface area contributed by atoms with Crippen LogP contribution >= 0.6 is 0 Å². The molecule has 4 aromatic rings. The summed E-state index contributed by atoms with van der Waals surface area (Å²) >= 11 is 0. The number of carbonyl (C=O) groups excluding carboxylic acids is 2. The van der Waals surface area contributed by atoms with Gasteiger partial charge in [-0.15, -0.1) is 0 Å². The second-order valence-corrected chi connectivity index (χ2v) is 8.80. The van der Waals surface area contributed by atoms with Crippen molar-refractivity contribution in [3.05, 3.63) is 96.5 Å². The maximum atomic E-state index is 12.6. The molecule has 3 aromatic carbocycles. The first kappa shape index (κ1) is 28.7. The Morgan fingerprint density at radius 2 is 1.78 bits per heavy atom. The molecule has 0 unspecified atom stereocenters. The van der Waals surface area contributed by atoms with Crippen molar-refractivity contribution >= 4 is 23.5 Å². The van der Waals surface area contributed by atoms with Gasteiger partial charge in [-0.1, -0.05) is 42.5 Å². The van der Waals surface area contributed by atoms with Gasteiger partial charge in [0.15, 0.2) is 12.2 Å². The van der Waals surface area contributed by atoms with Gasteiger partial charge in [-0.2, -0.15) is 5.26 Å². The van der Waals surface area contributed by atoms with Gasteiger partial charge >= 0.3 is 12.1 Å². The lowest BCUT2D eigenvalue weighted by Crippen LogP contribution is -2.31. The summed E-state index contributed by atoms with van der Waals surface area (Å²) in [5, 5.41) is 17.3. The van der Waals surface area contributed by atoms with Gasteiger partial charge in [-0.3, -0.25) is 0 Å². The molecule has 3 amide bonds. The minimum Gasteiger partial charge on any atom is -0.496 e. The zero-order valence-electron chi connectivity index (χ0n) is 22.3. The molecule has 11 nitrogen and oxygen atoms in total. The van der Waals surface area contributed by atoms with Gasteiger partial charge in [0.2, 0.25) is 0 Å². The second kappa shape index (κ2) is 14.7. The quantitative estimate of drug-likeness (QED) is 0.201. The standard InChI is InChI=1S/C30H29N5O6/c1-38-27-15-24(10-11-26(27)28-17-32-20-40-28)35-29(36)34-23-9-5-8-22(14-23)16-33-30(37)41-25(12-13-31)19-39-18-21-6-3-2-4-7-21/h2-11,14-15,17,20,25H,12,16,18-19H2,1H3,(H,33,37)(H2,34,35,36)/t25-/m1/s1. The van der Waals surface area contributed by atoms with Gasteiger partial charge in [0.1, 0.15) is 11.9 Å². The third-order valence-corrected chi connectivity index (χ3v) is 5.79. The normalized spacial score (nSPS) is 11.1. The molecule has 0 aliphatic heterocycles. The molecule has 0 radical (unpaired) electrons. The van der Waals surface area contributed by atoms with Crippen LogP contribution < -0.4 is 20.7 Å². The van der Waals surface area contributed by atoms with Crippen LogP contribution in [-0.2, 0) is 22.6 Å². The summed E-state index contributed by atoms with van der Waals surface area (Å²) in [4.78, 5) is 28.9. The average molecular weight is 556 g/mol. The SMILES string of the molecule is COc1cc(NC(=O)Nc2cccc(CNC(=O)O[C@H](CC#N)COCc3ccccc3)c2)ccc1-c1cnco1. The molecule has 1 aromatic heterocycles. The molecule has 0 spiro atoms. The van der Waals surface area contributed by atoms with Gasteiger partial charge < -0.3 is 34.6 Å². The number of alkyl carbamates (subject to hydrolysis) is 1. The zero-order chi connectivity index (χ0) is 28.9. The highest BCUT2D eigenvalue weighted by Gasteiger charge is 2.15. The number of oxazole rings is 1. The highest BCUT2D eigenvalue weighted by molar-refractivity contribution is 6.00. The topological polar surface area (TPSA) is 148 Å². The van der Waals surface area contributed by atoms with Gasteiger partial charge in [0, 0.05) is 24.0 Å². The Bertz CT molecular complexity index is 1470. The largest absolute Gasteiger partial charge is 0.496 e. The lowest BCUT2D eigenvalue weighted by molar-refractivity contribution is 0.0154. The molecular weight excluding hydrogens is 526 g/mol. The number of methoxy groups -OCH3 is 1. The Morgan fingerprint density at radius 3 is 2.51 bits per heavy atom. The molecule has 0 aliphatic rings. The van der Waals surface area contributed by atoms with E-state index >= 15 is 0 Å². The summed E-state index contributed by atoms with van der Waals surface area (Å²) in [6.07, 6.45) is 1.53. The number of rotatable bonds is 12. The first-order valence-electron chi connectivity index (χ1n) is 12.7. The number of hydrogen-bond donors (Lipinski definition) is 3. The molecule has 1 atom stereocenters. The van der Waals surface area contributed by atoms with Crippen molar-refractivity contribution in [3.8, 4) is 23.1 Å². The fourth-order valence-electron chi connectivity index (χ4n) is 3.86. The van der Waals surface area contributed by atoms with Crippen LogP contribution in [0.1, 0.15) is 17.5 Å². The van der Waals surface area contributed by atoms with E-state index in [2.05, 4.69) is 20.9 Å². The summed E-state index contributed by atoms with van der Waals surface area (Å²) in [6, 6.07) is 23.3. The molecule has 0 fully saturated rings. The first-order chi connectivity index (χ1) is 20.0. The minimum absolute atomic E-state index is 0.00534. The Morgan fingerprint density at radius 1 is 1.00 bits per heavy atom. The predicted octanol–water partition coefficient (Wildman–Crippen LogP) is 5.72. The first-order valence-corrected chi connectivity index (χ1v) is 12.7. The number of urea groups is 1. The van der Waals surface area contributed by atoms with Gasteiger partial charge in [-0.25, -0.2) is 14.6 Å². The predicted molar refractivity (Wildman–Crippen MR) is 151 cm³/mol. The average Bonchev–Trinajstić information content (AvgIpc) is 3.52. The highest BCUT2D eigenvalue weighted by atomic mass is 16.6. The number of benzene rings is 3. The van der Waals surface area contributed by atoms with Crippen LogP contribution in [0, 0.1) is 11.3 Å². The van der Waals surface area contributed by atoms with E-state index in [0.29, 0.717) is 35.1 Å². The number of amides is 3. The van der Waals surface area contributed by atoms with Crippen molar-refractivity contribution in [2.75, 3.05) is 24.4 Å². The molecule has 1 heterocycles. The van der Waals surface area contributed by atoms with Crippen LogP contribution in [0.4, 0.5) is 21.0 Å². The number of carbonyl (C=O) groups is 2. The van der Waals surface area contributed by atoms with Crippen molar-refractivity contribution in [3.63, 3.8) is 0 Å². The fraction of sp³-hybridized carbons (Fsp3) is 0.200. The Labute approximate surface area is 237 Å². The molecule has 4 rings (SSSR count). The van der Waals surface area contributed by atoms with Crippen molar-refractivity contribution in [1.29, 1.82) is 5.26 Å². The van der Waals surface area contributed by atoms with Crippen LogP contribution in [0.2, 0.25) is 0 Å². The van der Waals surface area contributed by atoms with E-state index in [1.165, 1.54) is 13.5 Å². The van der Waals surface area contributed by atoms with E-state index in [4.69, 9.17) is 23.9 Å². The molecule has 210 valence electrons. The fourth-order valence-corrected chi connectivity index (χ4v) is 3.86. The molecular formula is C30H29N5O6.